The van der Waals surface area contributed by atoms with Crippen LogP contribution in [0.15, 0.2) is 46.2 Å². The summed E-state index contributed by atoms with van der Waals surface area (Å²) in [6.07, 6.45) is 1.82. The number of anilines is 2. The first-order valence-corrected chi connectivity index (χ1v) is 12.1. The Labute approximate surface area is 180 Å². The number of fused-ring (bicyclic) bond motifs is 1. The molecule has 1 atom stereocenters. The number of carbonyl (C=O) groups excluding carboxylic acids is 1. The molecule has 0 radical (unpaired) electrons. The van der Waals surface area contributed by atoms with Crippen LogP contribution in [0.4, 0.5) is 11.4 Å². The van der Waals surface area contributed by atoms with Crippen molar-refractivity contribution in [2.75, 3.05) is 30.4 Å². The Morgan fingerprint density at radius 3 is 2.50 bits per heavy atom. The van der Waals surface area contributed by atoms with E-state index in [1.165, 1.54) is 14.2 Å². The minimum Gasteiger partial charge on any atom is -0.493 e. The van der Waals surface area contributed by atoms with Crippen molar-refractivity contribution >= 4 is 39.1 Å². The van der Waals surface area contributed by atoms with E-state index in [4.69, 9.17) is 9.47 Å². The summed E-state index contributed by atoms with van der Waals surface area (Å²) in [5, 5.41) is 0.257. The fourth-order valence-corrected chi connectivity index (χ4v) is 5.62. The molecule has 2 aromatic carbocycles. The van der Waals surface area contributed by atoms with Gasteiger partial charge in [-0.05, 0) is 43.2 Å². The van der Waals surface area contributed by atoms with Gasteiger partial charge in [0.15, 0.2) is 11.5 Å². The van der Waals surface area contributed by atoms with Crippen LogP contribution < -0.4 is 19.1 Å². The SMILES string of the molecule is COc1ccc(NS(=O)(=O)c2ccc3c(c2)N(C(=O)C2CC2)CC(C)S3)cc1OC. The minimum atomic E-state index is -3.85. The Hall–Kier alpha value is -2.39. The van der Waals surface area contributed by atoms with Crippen LogP contribution in [0.2, 0.25) is 0 Å². The van der Waals surface area contributed by atoms with Gasteiger partial charge in [-0.2, -0.15) is 0 Å². The zero-order chi connectivity index (χ0) is 21.5. The van der Waals surface area contributed by atoms with Gasteiger partial charge in [-0.25, -0.2) is 8.42 Å². The van der Waals surface area contributed by atoms with Gasteiger partial charge in [0.2, 0.25) is 5.91 Å². The molecule has 0 aromatic heterocycles. The fraction of sp³-hybridized carbons (Fsp3) is 0.381. The maximum atomic E-state index is 13.0. The Morgan fingerprint density at radius 1 is 1.10 bits per heavy atom. The number of ether oxygens (including phenoxy) is 2. The minimum absolute atomic E-state index is 0.0679. The maximum absolute atomic E-state index is 13.0. The summed E-state index contributed by atoms with van der Waals surface area (Å²) in [7, 11) is -0.846. The molecular weight excluding hydrogens is 424 g/mol. The van der Waals surface area contributed by atoms with Gasteiger partial charge in [0.25, 0.3) is 10.0 Å². The molecule has 1 amide bonds. The third kappa shape index (κ3) is 4.09. The van der Waals surface area contributed by atoms with E-state index in [0.29, 0.717) is 29.4 Å². The van der Waals surface area contributed by atoms with Crippen molar-refractivity contribution in [1.82, 2.24) is 0 Å². The zero-order valence-electron chi connectivity index (χ0n) is 17.0. The highest BCUT2D eigenvalue weighted by atomic mass is 32.2. The van der Waals surface area contributed by atoms with E-state index in [1.54, 1.807) is 53.1 Å². The van der Waals surface area contributed by atoms with Crippen LogP contribution in [-0.4, -0.2) is 40.3 Å². The van der Waals surface area contributed by atoms with Crippen LogP contribution in [0.25, 0.3) is 0 Å². The lowest BCUT2D eigenvalue weighted by molar-refractivity contribution is -0.119. The van der Waals surface area contributed by atoms with Gasteiger partial charge >= 0.3 is 0 Å². The number of benzene rings is 2. The van der Waals surface area contributed by atoms with Crippen molar-refractivity contribution in [3.8, 4) is 11.5 Å². The number of methoxy groups -OCH3 is 2. The molecule has 1 heterocycles. The number of hydrogen-bond donors (Lipinski definition) is 1. The Kier molecular flexibility index (Phi) is 5.59. The van der Waals surface area contributed by atoms with Crippen molar-refractivity contribution < 1.29 is 22.7 Å². The second-order valence-corrected chi connectivity index (χ2v) is 10.6. The molecule has 160 valence electrons. The van der Waals surface area contributed by atoms with Gasteiger partial charge < -0.3 is 14.4 Å². The predicted octanol–water partition coefficient (Wildman–Crippen LogP) is 3.74. The molecule has 2 aliphatic rings. The molecule has 1 N–H and O–H groups in total. The summed E-state index contributed by atoms with van der Waals surface area (Å²) in [4.78, 5) is 15.6. The standard InChI is InChI=1S/C21H24N2O5S2/c1-13-12-23(21(24)14-4-5-14)17-11-16(7-9-20(17)29-13)30(25,26)22-15-6-8-18(27-2)19(10-15)28-3/h6-11,13-14,22H,4-5,12H2,1-3H3. The number of nitrogens with one attached hydrogen (secondary N) is 1. The van der Waals surface area contributed by atoms with Crippen LogP contribution in [0, 0.1) is 5.92 Å². The van der Waals surface area contributed by atoms with Gasteiger partial charge in [-0.3, -0.25) is 9.52 Å². The summed E-state index contributed by atoms with van der Waals surface area (Å²) >= 11 is 1.66. The average Bonchev–Trinajstić information content (AvgIpc) is 3.57. The van der Waals surface area contributed by atoms with Crippen molar-refractivity contribution in [2.24, 2.45) is 5.92 Å². The van der Waals surface area contributed by atoms with E-state index >= 15 is 0 Å². The van der Waals surface area contributed by atoms with E-state index in [9.17, 15) is 13.2 Å². The Morgan fingerprint density at radius 2 is 1.83 bits per heavy atom. The number of amides is 1. The summed E-state index contributed by atoms with van der Waals surface area (Å²) in [5.41, 5.74) is 1.03. The molecule has 1 unspecified atom stereocenters. The van der Waals surface area contributed by atoms with Gasteiger partial charge in [-0.1, -0.05) is 6.92 Å². The first-order valence-electron chi connectivity index (χ1n) is 9.69. The van der Waals surface area contributed by atoms with Crippen molar-refractivity contribution in [3.63, 3.8) is 0 Å². The van der Waals surface area contributed by atoms with Crippen LogP contribution in [0.1, 0.15) is 19.8 Å². The van der Waals surface area contributed by atoms with Crippen molar-refractivity contribution in [2.45, 2.75) is 34.8 Å². The lowest BCUT2D eigenvalue weighted by Gasteiger charge is -2.33. The second-order valence-electron chi connectivity index (χ2n) is 7.46. The fourth-order valence-electron chi connectivity index (χ4n) is 3.46. The van der Waals surface area contributed by atoms with E-state index in [2.05, 4.69) is 11.6 Å². The number of nitrogens with zero attached hydrogens (tertiary/aromatic N) is 1. The molecule has 30 heavy (non-hydrogen) atoms. The highest BCUT2D eigenvalue weighted by molar-refractivity contribution is 8.00. The molecule has 0 saturated heterocycles. The molecule has 1 aliphatic heterocycles. The average molecular weight is 449 g/mol. The van der Waals surface area contributed by atoms with Crippen molar-refractivity contribution in [1.29, 1.82) is 0 Å². The Balaban J connectivity index is 1.65. The quantitative estimate of drug-likeness (QED) is 0.725. The monoisotopic (exact) mass is 448 g/mol. The zero-order valence-corrected chi connectivity index (χ0v) is 18.7. The van der Waals surface area contributed by atoms with E-state index in [0.717, 1.165) is 17.7 Å². The first-order chi connectivity index (χ1) is 14.3. The molecule has 1 aliphatic carbocycles. The highest BCUT2D eigenvalue weighted by Crippen LogP contribution is 2.43. The summed E-state index contributed by atoms with van der Waals surface area (Å²) in [5.74, 6) is 1.09. The molecule has 4 rings (SSSR count). The first kappa shape index (κ1) is 20.9. The summed E-state index contributed by atoms with van der Waals surface area (Å²) in [6, 6.07) is 9.76. The number of hydrogen-bond acceptors (Lipinski definition) is 6. The highest BCUT2D eigenvalue weighted by Gasteiger charge is 2.37. The molecular formula is C21H24N2O5S2. The van der Waals surface area contributed by atoms with Gasteiger partial charge in [0, 0.05) is 28.7 Å². The molecule has 1 saturated carbocycles. The Bertz CT molecular complexity index is 1080. The van der Waals surface area contributed by atoms with Crippen LogP contribution in [0.3, 0.4) is 0 Å². The molecule has 7 nitrogen and oxygen atoms in total. The number of carbonyl (C=O) groups is 1. The predicted molar refractivity (Wildman–Crippen MR) is 117 cm³/mol. The smallest absolute Gasteiger partial charge is 0.261 e. The molecule has 1 fully saturated rings. The number of rotatable bonds is 6. The topological polar surface area (TPSA) is 84.9 Å². The van der Waals surface area contributed by atoms with E-state index in [-0.39, 0.29) is 22.0 Å². The second kappa shape index (κ2) is 8.03. The van der Waals surface area contributed by atoms with Crippen LogP contribution >= 0.6 is 11.8 Å². The van der Waals surface area contributed by atoms with Crippen LogP contribution in [-0.2, 0) is 14.8 Å². The lowest BCUT2D eigenvalue weighted by Crippen LogP contribution is -2.39. The van der Waals surface area contributed by atoms with Gasteiger partial charge in [0.1, 0.15) is 0 Å². The summed E-state index contributed by atoms with van der Waals surface area (Å²) in [6.45, 7) is 2.66. The summed E-state index contributed by atoms with van der Waals surface area (Å²) < 4.78 is 39.1. The van der Waals surface area contributed by atoms with Gasteiger partial charge in [0.05, 0.1) is 30.5 Å². The molecule has 0 spiro atoms. The molecule has 0 bridgehead atoms. The maximum Gasteiger partial charge on any atom is 0.261 e. The van der Waals surface area contributed by atoms with Gasteiger partial charge in [-0.15, -0.1) is 11.8 Å². The third-order valence-corrected chi connectivity index (χ3v) is 7.66. The largest absolute Gasteiger partial charge is 0.493 e. The lowest BCUT2D eigenvalue weighted by atomic mass is 10.2. The third-order valence-electron chi connectivity index (χ3n) is 5.13. The normalized spacial score (nSPS) is 18.5. The van der Waals surface area contributed by atoms with Crippen molar-refractivity contribution in [3.05, 3.63) is 36.4 Å². The van der Waals surface area contributed by atoms with E-state index < -0.39 is 10.0 Å². The molecule has 2 aromatic rings. The van der Waals surface area contributed by atoms with Crippen LogP contribution in [0.5, 0.6) is 11.5 Å². The van der Waals surface area contributed by atoms with E-state index in [1.807, 2.05) is 0 Å². The number of thioether (sulfide) groups is 1. The number of sulfonamides is 1. The molecule has 9 heteroatoms.